The average Bonchev–Trinajstić information content (AvgIpc) is 2.24. The van der Waals surface area contributed by atoms with Crippen molar-refractivity contribution in [1.29, 1.82) is 0 Å². The van der Waals surface area contributed by atoms with Gasteiger partial charge in [0.05, 0.1) is 0 Å². The lowest BCUT2D eigenvalue weighted by atomic mass is 10.3. The lowest BCUT2D eigenvalue weighted by Gasteiger charge is -2.32. The molecule has 0 fully saturated rings. The topological polar surface area (TPSA) is 27.7 Å². The summed E-state index contributed by atoms with van der Waals surface area (Å²) in [4.78, 5) is 0. The molecular weight excluding hydrogens is 439 g/mol. The van der Waals surface area contributed by atoms with Crippen LogP contribution in [0.4, 0.5) is 52.7 Å². The fourth-order valence-corrected chi connectivity index (χ4v) is 5.16. The maximum Gasteiger partial charge on any atom is 0.895 e. The van der Waals surface area contributed by atoms with Crippen LogP contribution in [0.15, 0.2) is 0 Å². The highest BCUT2D eigenvalue weighted by Gasteiger charge is 2.65. The van der Waals surface area contributed by atoms with Crippen LogP contribution < -0.4 is 0 Å². The van der Waals surface area contributed by atoms with E-state index in [9.17, 15) is 52.7 Å². The monoisotopic (exact) mass is 450 g/mol. The van der Waals surface area contributed by atoms with E-state index in [0.29, 0.717) is 0 Å². The minimum absolute atomic E-state index is 1.09. The van der Waals surface area contributed by atoms with Gasteiger partial charge in [-0.1, -0.05) is 0 Å². The van der Waals surface area contributed by atoms with E-state index >= 15 is 0 Å². The van der Waals surface area contributed by atoms with Crippen molar-refractivity contribution in [2.75, 3.05) is 0 Å². The van der Waals surface area contributed by atoms with Crippen LogP contribution in [0.3, 0.4) is 0 Å². The number of hydrogen-bond donors (Lipinski definition) is 0. The first kappa shape index (κ1) is 25.8. The Balaban J connectivity index is 5.79. The van der Waals surface area contributed by atoms with E-state index in [4.69, 9.17) is 0 Å². The van der Waals surface area contributed by atoms with Crippen molar-refractivity contribution < 1.29 is 63.7 Å². The zero-order valence-corrected chi connectivity index (χ0v) is 15.1. The van der Waals surface area contributed by atoms with E-state index in [-0.39, 0.29) is 0 Å². The van der Waals surface area contributed by atoms with E-state index in [1.165, 1.54) is 0 Å². The van der Waals surface area contributed by atoms with E-state index in [1.54, 1.807) is 0 Å². The van der Waals surface area contributed by atoms with Crippen molar-refractivity contribution in [3.8, 4) is 0 Å². The van der Waals surface area contributed by atoms with E-state index in [1.807, 2.05) is 0 Å². The molecule has 0 atom stereocenters. The second-order valence-electron chi connectivity index (χ2n) is 5.72. The zero-order chi connectivity index (χ0) is 21.4. The van der Waals surface area contributed by atoms with Gasteiger partial charge in [0.15, 0.2) is 8.32 Å². The zero-order valence-electron chi connectivity index (χ0n) is 13.0. The lowest BCUT2D eigenvalue weighted by Crippen LogP contribution is -2.55. The predicted octanol–water partition coefficient (Wildman–Crippen LogP) is 4.84. The summed E-state index contributed by atoms with van der Waals surface area (Å²) in [6.45, 7) is 3.27. The molecule has 0 heterocycles. The van der Waals surface area contributed by atoms with Crippen LogP contribution in [0.2, 0.25) is 19.6 Å². The molecule has 0 aromatic rings. The molecule has 0 spiro atoms. The summed E-state index contributed by atoms with van der Waals surface area (Å²) in [5.74, 6) is 0. The molecule has 156 valence electrons. The third-order valence-electron chi connectivity index (χ3n) is 2.13. The normalized spacial score (nSPS) is 15.1. The Hall–Kier alpha value is -0.211. The predicted molar refractivity (Wildman–Crippen MR) is 64.2 cm³/mol. The molecule has 0 radical (unpaired) electrons. The van der Waals surface area contributed by atoms with Gasteiger partial charge in [0.25, 0.3) is 0 Å². The third-order valence-corrected chi connectivity index (χ3v) is 6.72. The molecule has 0 aliphatic carbocycles. The fraction of sp³-hybridized carbons (Fsp3) is 1.00. The Morgan fingerprint density at radius 3 is 0.962 bits per heavy atom. The molecule has 0 saturated heterocycles. The molecule has 26 heavy (non-hydrogen) atoms. The summed E-state index contributed by atoms with van der Waals surface area (Å²) in [6, 6.07) is 0. The quantitative estimate of drug-likeness (QED) is 0.428. The van der Waals surface area contributed by atoms with Crippen molar-refractivity contribution in [1.82, 2.24) is 0 Å². The summed E-state index contributed by atoms with van der Waals surface area (Å²) in [6.07, 6.45) is -34.0. The summed E-state index contributed by atoms with van der Waals surface area (Å²) in [5.41, 5.74) is 0. The average molecular weight is 450 g/mol. The van der Waals surface area contributed by atoms with Crippen LogP contribution >= 0.6 is 0 Å². The summed E-state index contributed by atoms with van der Waals surface area (Å²) >= 11 is -5.19. The van der Waals surface area contributed by atoms with Crippen molar-refractivity contribution in [3.63, 3.8) is 0 Å². The Morgan fingerprint density at radius 2 is 0.808 bits per heavy atom. The first-order valence-corrected chi connectivity index (χ1v) is 11.1. The van der Waals surface area contributed by atoms with Gasteiger partial charge in [0.2, 0.25) is 12.2 Å². The molecular formula is C9H11AlF12O3Si. The van der Waals surface area contributed by atoms with Crippen LogP contribution in [0.25, 0.3) is 0 Å². The third kappa shape index (κ3) is 9.13. The van der Waals surface area contributed by atoms with Crippen molar-refractivity contribution in [2.45, 2.75) is 56.6 Å². The Bertz CT molecular complexity index is 389. The van der Waals surface area contributed by atoms with Gasteiger partial charge in [-0.15, -0.1) is 0 Å². The number of alkyl halides is 12. The van der Waals surface area contributed by atoms with E-state index < -0.39 is 60.4 Å². The minimum Gasteiger partial charge on any atom is -0.499 e. The Morgan fingerprint density at radius 1 is 0.577 bits per heavy atom. The Labute approximate surface area is 144 Å². The molecule has 0 N–H and O–H groups in total. The smallest absolute Gasteiger partial charge is 0.499 e. The van der Waals surface area contributed by atoms with Crippen molar-refractivity contribution >= 4 is 23.5 Å². The van der Waals surface area contributed by atoms with Gasteiger partial charge in [-0.2, -0.15) is 52.7 Å². The maximum absolute atomic E-state index is 12.4. The number of halogens is 12. The van der Waals surface area contributed by atoms with Gasteiger partial charge in [-0.05, 0) is 19.6 Å². The van der Waals surface area contributed by atoms with Crippen molar-refractivity contribution in [2.24, 2.45) is 0 Å². The molecule has 0 aliphatic heterocycles. The number of rotatable bonds is 6. The highest BCUT2D eigenvalue weighted by Crippen LogP contribution is 2.39. The van der Waals surface area contributed by atoms with Crippen LogP contribution in [0.1, 0.15) is 0 Å². The molecule has 0 amide bonds. The van der Waals surface area contributed by atoms with Crippen molar-refractivity contribution in [3.05, 3.63) is 0 Å². The molecule has 0 aliphatic rings. The molecule has 0 rings (SSSR count). The van der Waals surface area contributed by atoms with Gasteiger partial charge in [-0.25, -0.2) is 0 Å². The lowest BCUT2D eigenvalue weighted by molar-refractivity contribution is -0.321. The molecule has 0 aromatic heterocycles. The maximum atomic E-state index is 12.4. The molecule has 0 unspecified atom stereocenters. The highest BCUT2D eigenvalue weighted by atomic mass is 28.4. The standard InChI is InChI=1S/2C3HF6O.C3H9OSi.Al/c2*4-2(5,6)1(10)3(7,8)9;1-5(2,3)4;/h2*1H;1-3H3;/q3*-1;+3. The van der Waals surface area contributed by atoms with Gasteiger partial charge >= 0.3 is 39.9 Å². The molecule has 17 heteroatoms. The van der Waals surface area contributed by atoms with Gasteiger partial charge in [0.1, 0.15) is 0 Å². The summed E-state index contributed by atoms with van der Waals surface area (Å²) in [7, 11) is -3.25. The molecule has 0 aromatic carbocycles. The summed E-state index contributed by atoms with van der Waals surface area (Å²) in [5, 5.41) is 0. The first-order valence-electron chi connectivity index (χ1n) is 6.31. The van der Waals surface area contributed by atoms with Crippen LogP contribution in [-0.4, -0.2) is 60.4 Å². The van der Waals surface area contributed by atoms with Crippen LogP contribution in [0, 0.1) is 0 Å². The van der Waals surface area contributed by atoms with Crippen LogP contribution in [0.5, 0.6) is 0 Å². The molecule has 3 nitrogen and oxygen atoms in total. The van der Waals surface area contributed by atoms with Gasteiger partial charge in [0, 0.05) is 0 Å². The first-order chi connectivity index (χ1) is 11.0. The van der Waals surface area contributed by atoms with Crippen LogP contribution in [-0.2, 0) is 11.1 Å². The molecule has 0 saturated carbocycles. The largest absolute Gasteiger partial charge is 0.895 e. The Kier molecular flexibility index (Phi) is 7.97. The fourth-order valence-electron chi connectivity index (χ4n) is 1.28. The molecule has 0 bridgehead atoms. The second-order valence-corrected chi connectivity index (χ2v) is 12.0. The van der Waals surface area contributed by atoms with Gasteiger partial charge in [-0.3, -0.25) is 0 Å². The second kappa shape index (κ2) is 8.03. The minimum atomic E-state index is -6.17. The van der Waals surface area contributed by atoms with E-state index in [0.717, 1.165) is 19.6 Å². The van der Waals surface area contributed by atoms with Gasteiger partial charge < -0.3 is 11.1 Å². The SMILES string of the molecule is C[Si](C)(C)[O][Al]([O]C(C(F)(F)F)C(F)(F)F)[O]C(C(F)(F)F)C(F)(F)F. The summed E-state index contributed by atoms with van der Waals surface area (Å²) < 4.78 is 161. The van der Waals surface area contributed by atoms with E-state index in [2.05, 4.69) is 11.1 Å². The number of hydrogen-bond acceptors (Lipinski definition) is 3. The highest BCUT2D eigenvalue weighted by molar-refractivity contribution is 6.74.